The van der Waals surface area contributed by atoms with Gasteiger partial charge in [-0.25, -0.2) is 4.79 Å². The Morgan fingerprint density at radius 1 is 1.33 bits per heavy atom. The van der Waals surface area contributed by atoms with Crippen molar-refractivity contribution in [2.24, 2.45) is 0 Å². The molecule has 0 radical (unpaired) electrons. The molecule has 0 aliphatic carbocycles. The number of rotatable bonds is 2. The second-order valence-electron chi connectivity index (χ2n) is 6.06. The average Bonchev–Trinajstić information content (AvgIpc) is 2.86. The summed E-state index contributed by atoms with van der Waals surface area (Å²) in [4.78, 5) is 17.4. The van der Waals surface area contributed by atoms with Gasteiger partial charge in [0.2, 0.25) is 0 Å². The van der Waals surface area contributed by atoms with Crippen molar-refractivity contribution in [3.63, 3.8) is 0 Å². The second-order valence-corrected chi connectivity index (χ2v) is 7.80. The highest BCUT2D eigenvalue weighted by molar-refractivity contribution is 8.00. The predicted molar refractivity (Wildman–Crippen MR) is 85.3 cm³/mol. The number of piperidine rings is 1. The number of aromatic amines is 1. The molecule has 0 amide bonds. The Labute approximate surface area is 131 Å². The molecular weight excluding hydrogens is 308 g/mol. The Morgan fingerprint density at radius 3 is 2.76 bits per heavy atom. The molecule has 3 heterocycles. The summed E-state index contributed by atoms with van der Waals surface area (Å²) in [6, 6.07) is 5.11. The number of oxazole rings is 1. The Morgan fingerprint density at radius 2 is 2.05 bits per heavy atom. The van der Waals surface area contributed by atoms with E-state index in [9.17, 15) is 4.79 Å². The standard InChI is InChI=1S/C15H17ClN2O2S/c1-18-8-2-3-9(18)5-10(4-8)21-14-7-13-12(6-11(14)16)17-15(19)20-13/h6-10H,2-5H2,1H3,(H,17,19). The summed E-state index contributed by atoms with van der Waals surface area (Å²) in [5, 5.41) is 1.29. The summed E-state index contributed by atoms with van der Waals surface area (Å²) in [6.45, 7) is 0. The maximum atomic E-state index is 11.3. The Hall–Kier alpha value is -0.910. The number of aromatic nitrogens is 1. The van der Waals surface area contributed by atoms with Gasteiger partial charge in [0.15, 0.2) is 5.58 Å². The minimum Gasteiger partial charge on any atom is -0.408 e. The first kappa shape index (κ1) is 13.7. The minimum absolute atomic E-state index is 0.430. The van der Waals surface area contributed by atoms with Crippen molar-refractivity contribution in [2.45, 2.75) is 47.9 Å². The van der Waals surface area contributed by atoms with Crippen LogP contribution < -0.4 is 5.76 Å². The Balaban J connectivity index is 1.59. The molecule has 2 unspecified atom stereocenters. The van der Waals surface area contributed by atoms with Gasteiger partial charge >= 0.3 is 5.76 Å². The normalized spacial score (nSPS) is 29.3. The summed E-state index contributed by atoms with van der Waals surface area (Å²) in [5.41, 5.74) is 1.25. The van der Waals surface area contributed by atoms with Crippen molar-refractivity contribution in [3.05, 3.63) is 27.7 Å². The van der Waals surface area contributed by atoms with Gasteiger partial charge in [-0.15, -0.1) is 11.8 Å². The van der Waals surface area contributed by atoms with E-state index in [1.54, 1.807) is 6.07 Å². The van der Waals surface area contributed by atoms with Crippen LogP contribution in [0.2, 0.25) is 5.02 Å². The molecule has 2 aliphatic heterocycles. The van der Waals surface area contributed by atoms with Gasteiger partial charge in [-0.05, 0) is 44.9 Å². The van der Waals surface area contributed by atoms with Crippen LogP contribution in [0.25, 0.3) is 11.1 Å². The van der Waals surface area contributed by atoms with Crippen LogP contribution in [0.4, 0.5) is 0 Å². The number of thioether (sulfide) groups is 1. The molecule has 6 heteroatoms. The van der Waals surface area contributed by atoms with Gasteiger partial charge in [-0.3, -0.25) is 4.98 Å². The number of nitrogens with zero attached hydrogens (tertiary/aromatic N) is 1. The van der Waals surface area contributed by atoms with Crippen LogP contribution >= 0.6 is 23.4 Å². The molecule has 1 aromatic heterocycles. The monoisotopic (exact) mass is 324 g/mol. The molecular formula is C15H17ClN2O2S. The summed E-state index contributed by atoms with van der Waals surface area (Å²) in [6.07, 6.45) is 5.06. The lowest BCUT2D eigenvalue weighted by molar-refractivity contribution is 0.183. The van der Waals surface area contributed by atoms with Crippen LogP contribution in [0, 0.1) is 0 Å². The van der Waals surface area contributed by atoms with Gasteiger partial charge in [0.05, 0.1) is 10.5 Å². The molecule has 2 saturated heterocycles. The fourth-order valence-electron chi connectivity index (χ4n) is 3.68. The highest BCUT2D eigenvalue weighted by atomic mass is 35.5. The van der Waals surface area contributed by atoms with Crippen molar-refractivity contribution >= 4 is 34.5 Å². The van der Waals surface area contributed by atoms with Gasteiger partial charge in [-0.1, -0.05) is 11.6 Å². The fraction of sp³-hybridized carbons (Fsp3) is 0.533. The number of hydrogen-bond donors (Lipinski definition) is 1. The van der Waals surface area contributed by atoms with E-state index in [-0.39, 0.29) is 0 Å². The van der Waals surface area contributed by atoms with E-state index in [1.807, 2.05) is 17.8 Å². The number of halogens is 1. The van der Waals surface area contributed by atoms with Gasteiger partial charge in [0.25, 0.3) is 0 Å². The molecule has 2 bridgehead atoms. The van der Waals surface area contributed by atoms with Crippen LogP contribution in [0.3, 0.4) is 0 Å². The summed E-state index contributed by atoms with van der Waals surface area (Å²) >= 11 is 8.18. The molecule has 112 valence electrons. The van der Waals surface area contributed by atoms with Crippen molar-refractivity contribution in [1.82, 2.24) is 9.88 Å². The van der Waals surface area contributed by atoms with Gasteiger partial charge in [0, 0.05) is 22.2 Å². The van der Waals surface area contributed by atoms with Crippen LogP contribution in [0.1, 0.15) is 25.7 Å². The third kappa shape index (κ3) is 2.41. The number of H-pyrrole nitrogens is 1. The highest BCUT2D eigenvalue weighted by Crippen LogP contribution is 2.43. The first-order valence-corrected chi connectivity index (χ1v) is 8.57. The lowest BCUT2D eigenvalue weighted by Crippen LogP contribution is -2.40. The molecule has 2 fully saturated rings. The van der Waals surface area contributed by atoms with Crippen LogP contribution in [-0.2, 0) is 0 Å². The first-order chi connectivity index (χ1) is 10.1. The highest BCUT2D eigenvalue weighted by Gasteiger charge is 2.38. The number of benzene rings is 1. The molecule has 21 heavy (non-hydrogen) atoms. The largest absolute Gasteiger partial charge is 0.417 e. The maximum absolute atomic E-state index is 11.3. The molecule has 1 aromatic carbocycles. The van der Waals surface area contributed by atoms with E-state index in [4.69, 9.17) is 16.0 Å². The van der Waals surface area contributed by atoms with Gasteiger partial charge < -0.3 is 9.32 Å². The van der Waals surface area contributed by atoms with Crippen molar-refractivity contribution in [1.29, 1.82) is 0 Å². The predicted octanol–water partition coefficient (Wildman–Crippen LogP) is 3.49. The van der Waals surface area contributed by atoms with Gasteiger partial charge in [0.1, 0.15) is 0 Å². The molecule has 2 atom stereocenters. The number of fused-ring (bicyclic) bond motifs is 3. The lowest BCUT2D eigenvalue weighted by atomic mass is 10.0. The van der Waals surface area contributed by atoms with E-state index < -0.39 is 5.76 Å². The van der Waals surface area contributed by atoms with Crippen LogP contribution in [-0.4, -0.2) is 34.3 Å². The van der Waals surface area contributed by atoms with E-state index in [2.05, 4.69) is 16.9 Å². The summed E-state index contributed by atoms with van der Waals surface area (Å²) < 4.78 is 5.13. The van der Waals surface area contributed by atoms with E-state index in [1.165, 1.54) is 25.7 Å². The summed E-state index contributed by atoms with van der Waals surface area (Å²) in [7, 11) is 2.25. The minimum atomic E-state index is -0.430. The number of hydrogen-bond acceptors (Lipinski definition) is 4. The van der Waals surface area contributed by atoms with Crippen LogP contribution in [0.5, 0.6) is 0 Å². The number of nitrogens with one attached hydrogen (secondary N) is 1. The zero-order chi connectivity index (χ0) is 14.6. The zero-order valence-electron chi connectivity index (χ0n) is 11.8. The molecule has 2 aromatic rings. The van der Waals surface area contributed by atoms with E-state index >= 15 is 0 Å². The van der Waals surface area contributed by atoms with Crippen molar-refractivity contribution in [2.75, 3.05) is 7.05 Å². The smallest absolute Gasteiger partial charge is 0.408 e. The molecule has 4 nitrogen and oxygen atoms in total. The van der Waals surface area contributed by atoms with E-state index in [0.29, 0.717) is 33.5 Å². The van der Waals surface area contributed by atoms with E-state index in [0.717, 1.165) is 4.90 Å². The second kappa shape index (κ2) is 5.07. The molecule has 2 aliphatic rings. The average molecular weight is 325 g/mol. The third-order valence-corrected chi connectivity index (χ3v) is 6.56. The summed E-state index contributed by atoms with van der Waals surface area (Å²) in [5.74, 6) is -0.430. The topological polar surface area (TPSA) is 49.2 Å². The van der Waals surface area contributed by atoms with Crippen molar-refractivity contribution < 1.29 is 4.42 Å². The molecule has 0 spiro atoms. The van der Waals surface area contributed by atoms with Crippen LogP contribution in [0.15, 0.2) is 26.2 Å². The third-order valence-electron chi connectivity index (χ3n) is 4.82. The molecule has 1 N–H and O–H groups in total. The fourth-order valence-corrected chi connectivity index (χ4v) is 5.32. The quantitative estimate of drug-likeness (QED) is 0.918. The van der Waals surface area contributed by atoms with Crippen molar-refractivity contribution in [3.8, 4) is 0 Å². The lowest BCUT2D eigenvalue weighted by Gasteiger charge is -2.36. The Bertz CT molecular complexity index is 727. The maximum Gasteiger partial charge on any atom is 0.417 e. The Kier molecular flexibility index (Phi) is 3.32. The molecule has 4 rings (SSSR count). The first-order valence-electron chi connectivity index (χ1n) is 7.31. The van der Waals surface area contributed by atoms with Gasteiger partial charge in [-0.2, -0.15) is 0 Å². The zero-order valence-corrected chi connectivity index (χ0v) is 13.3. The molecule has 0 saturated carbocycles. The SMILES string of the molecule is CN1C2CCC1CC(Sc1cc3oc(=O)[nH]c3cc1Cl)C2.